The first-order valence-electron chi connectivity index (χ1n) is 19.9. The zero-order chi connectivity index (χ0) is 45.9. The zero-order valence-electron chi connectivity index (χ0n) is 33.7. The Morgan fingerprint density at radius 2 is 0.839 bits per heavy atom. The van der Waals surface area contributed by atoms with Crippen molar-refractivity contribution in [2.24, 2.45) is 0 Å². The summed E-state index contributed by atoms with van der Waals surface area (Å²) in [5, 5.41) is 153. The summed E-state index contributed by atoms with van der Waals surface area (Å²) in [7, 11) is 0. The van der Waals surface area contributed by atoms with Gasteiger partial charge in [0.2, 0.25) is 11.8 Å². The third-order valence-electron chi connectivity index (χ3n) is 11.4. The van der Waals surface area contributed by atoms with Crippen LogP contribution >= 0.6 is 0 Å². The maximum absolute atomic E-state index is 12.5. The number of hydrogen-bond donors (Lipinski definition) is 16. The lowest BCUT2D eigenvalue weighted by Gasteiger charge is -2.50. The highest BCUT2D eigenvalue weighted by molar-refractivity contribution is 5.73. The van der Waals surface area contributed by atoms with Gasteiger partial charge in [-0.05, 0) is 6.92 Å². The van der Waals surface area contributed by atoms with Gasteiger partial charge in [-0.15, -0.1) is 0 Å². The summed E-state index contributed by atoms with van der Waals surface area (Å²) in [6.45, 7) is -0.399. The quantitative estimate of drug-likeness (QED) is 0.0725. The van der Waals surface area contributed by atoms with E-state index in [4.69, 9.17) is 42.6 Å². The monoisotopic (exact) mass is 908 g/mol. The molecule has 360 valence electrons. The van der Waals surface area contributed by atoms with E-state index in [1.165, 1.54) is 13.8 Å². The van der Waals surface area contributed by atoms with Crippen LogP contribution in [0.3, 0.4) is 0 Å². The summed E-state index contributed by atoms with van der Waals surface area (Å²) >= 11 is 0. The molecular weight excluding hydrogens is 848 g/mol. The predicted molar refractivity (Wildman–Crippen MR) is 193 cm³/mol. The predicted octanol–water partition coefficient (Wildman–Crippen LogP) is -10.6. The minimum absolute atomic E-state index is 0.533. The van der Waals surface area contributed by atoms with Crippen LogP contribution in [0.15, 0.2) is 0 Å². The summed E-state index contributed by atoms with van der Waals surface area (Å²) in [6.07, 6.45) is -40.1. The van der Waals surface area contributed by atoms with Gasteiger partial charge in [-0.2, -0.15) is 0 Å². The normalized spacial score (nSPS) is 49.0. The van der Waals surface area contributed by atoms with Crippen LogP contribution in [-0.4, -0.2) is 270 Å². The lowest BCUT2D eigenvalue weighted by Crippen LogP contribution is -2.70. The molecule has 5 aliphatic rings. The van der Waals surface area contributed by atoms with E-state index < -0.39 is 198 Å². The van der Waals surface area contributed by atoms with Gasteiger partial charge < -0.3 is 125 Å². The Kier molecular flexibility index (Phi) is 18.1. The van der Waals surface area contributed by atoms with E-state index >= 15 is 0 Å². The molecule has 5 fully saturated rings. The molecule has 27 heteroatoms. The second-order valence-corrected chi connectivity index (χ2v) is 15.8. The first kappa shape index (κ1) is 51.0. The number of aliphatic hydroxyl groups is 14. The fourth-order valence-electron chi connectivity index (χ4n) is 7.98. The van der Waals surface area contributed by atoms with Gasteiger partial charge in [0.25, 0.3) is 0 Å². The van der Waals surface area contributed by atoms with E-state index in [9.17, 15) is 81.1 Å². The van der Waals surface area contributed by atoms with Crippen LogP contribution in [0.25, 0.3) is 0 Å². The summed E-state index contributed by atoms with van der Waals surface area (Å²) in [5.41, 5.74) is 0. The van der Waals surface area contributed by atoms with Crippen molar-refractivity contribution in [3.63, 3.8) is 0 Å². The second kappa shape index (κ2) is 22.0. The van der Waals surface area contributed by atoms with Gasteiger partial charge in [0.15, 0.2) is 25.2 Å². The highest BCUT2D eigenvalue weighted by Crippen LogP contribution is 2.35. The molecule has 0 bridgehead atoms. The fraction of sp³-hybridized carbons (Fsp3) is 0.943. The minimum atomic E-state index is -2.16. The van der Waals surface area contributed by atoms with Gasteiger partial charge in [-0.3, -0.25) is 9.59 Å². The Labute approximate surface area is 353 Å². The van der Waals surface area contributed by atoms with Crippen molar-refractivity contribution in [1.29, 1.82) is 0 Å². The Bertz CT molecular complexity index is 1440. The van der Waals surface area contributed by atoms with E-state index in [1.54, 1.807) is 0 Å². The van der Waals surface area contributed by atoms with Gasteiger partial charge in [0, 0.05) is 13.8 Å². The van der Waals surface area contributed by atoms with Crippen LogP contribution in [0.4, 0.5) is 0 Å². The minimum Gasteiger partial charge on any atom is -0.394 e. The van der Waals surface area contributed by atoms with Crippen molar-refractivity contribution in [2.75, 3.05) is 33.0 Å². The van der Waals surface area contributed by atoms with Gasteiger partial charge in [0.1, 0.15) is 116 Å². The average molecular weight is 909 g/mol. The van der Waals surface area contributed by atoms with Crippen molar-refractivity contribution in [1.82, 2.24) is 10.6 Å². The van der Waals surface area contributed by atoms with E-state index in [2.05, 4.69) is 10.6 Å². The van der Waals surface area contributed by atoms with Gasteiger partial charge in [-0.1, -0.05) is 0 Å². The van der Waals surface area contributed by atoms with Crippen molar-refractivity contribution in [3.8, 4) is 0 Å². The summed E-state index contributed by atoms with van der Waals surface area (Å²) < 4.78 is 51.6. The molecular formula is C35H60N2O25. The average Bonchev–Trinajstić information content (AvgIpc) is 3.23. The Morgan fingerprint density at radius 1 is 0.435 bits per heavy atom. The largest absolute Gasteiger partial charge is 0.394 e. The molecule has 5 aliphatic heterocycles. The van der Waals surface area contributed by atoms with E-state index in [0.717, 1.165) is 6.92 Å². The Hall–Kier alpha value is -1.98. The lowest BCUT2D eigenvalue weighted by atomic mass is 9.92. The number of carbonyl (C=O) groups excluding carboxylic acids is 2. The molecule has 0 aromatic heterocycles. The smallest absolute Gasteiger partial charge is 0.217 e. The molecule has 0 radical (unpaired) electrons. The maximum Gasteiger partial charge on any atom is 0.217 e. The topological polar surface area (TPSA) is 424 Å². The van der Waals surface area contributed by atoms with E-state index in [-0.39, 0.29) is 0 Å². The molecule has 0 spiro atoms. The van der Waals surface area contributed by atoms with Crippen LogP contribution < -0.4 is 10.6 Å². The molecule has 5 rings (SSSR count). The van der Waals surface area contributed by atoms with Gasteiger partial charge in [0.05, 0.1) is 45.2 Å². The standard InChI is InChI=1S/C35H60N2O25/c1-9-17(36-10(2)42)22(47)29(14(6-40)55-9)60-32-18(37-11(3)43)23(48)30(15(7-41)58-32)61-35-28(53)31(62-34-27(52)25(50)20(45)13(5-39)57-34)21(46)16(59-35)8-54-33-26(51)24(49)19(44)12(4-38)56-33/h9,12-35,38-41,44-53H,4-8H2,1-3H3,(H,36,42)(H,37,43)/t9?,12?,13-,14?,15?,16?,17?,18?,19-,20-,21-,22-,23-,24+,25?,26?,27?,28?,29-,30-,31+,32+,33+,34-,35+/m1/s1. The number of amides is 2. The SMILES string of the molecule is CC(=O)NC1C(C)OC(CO)[C@@H](O[C@@H]2OC(CO)[C@@H](O[C@@H]3OC(CO[C@H]4OC(CO)[C@@H](O)[C@H](O)C4O)[C@@H](O)[C@H](O[C@H]4O[C@H](CO)[C@@H](O)C(O)C4O)C3O)[C@H](O)C2NC(C)=O)[C@@H]1O. The first-order valence-corrected chi connectivity index (χ1v) is 19.9. The third-order valence-corrected chi connectivity index (χ3v) is 11.4. The number of aliphatic hydroxyl groups excluding tert-OH is 14. The van der Waals surface area contributed by atoms with Crippen molar-refractivity contribution in [2.45, 2.75) is 174 Å². The molecule has 0 aromatic rings. The zero-order valence-corrected chi connectivity index (χ0v) is 33.7. The second-order valence-electron chi connectivity index (χ2n) is 15.8. The van der Waals surface area contributed by atoms with Crippen LogP contribution in [0.2, 0.25) is 0 Å². The fourth-order valence-corrected chi connectivity index (χ4v) is 7.98. The molecule has 62 heavy (non-hydrogen) atoms. The third kappa shape index (κ3) is 11.0. The molecule has 5 saturated heterocycles. The molecule has 25 atom stereocenters. The molecule has 0 aromatic carbocycles. The van der Waals surface area contributed by atoms with Crippen LogP contribution in [0, 0.1) is 0 Å². The lowest BCUT2D eigenvalue weighted by molar-refractivity contribution is -0.383. The maximum atomic E-state index is 12.5. The molecule has 0 saturated carbocycles. The Balaban J connectivity index is 1.41. The molecule has 5 heterocycles. The number of nitrogens with one attached hydrogen (secondary N) is 2. The van der Waals surface area contributed by atoms with Crippen LogP contribution in [0.5, 0.6) is 0 Å². The molecule has 11 unspecified atom stereocenters. The molecule has 16 N–H and O–H groups in total. The van der Waals surface area contributed by atoms with Gasteiger partial charge in [-0.25, -0.2) is 0 Å². The van der Waals surface area contributed by atoms with Crippen molar-refractivity contribution in [3.05, 3.63) is 0 Å². The Morgan fingerprint density at radius 3 is 1.37 bits per heavy atom. The summed E-state index contributed by atoms with van der Waals surface area (Å²) in [6, 6.07) is -2.68. The van der Waals surface area contributed by atoms with E-state index in [1.807, 2.05) is 0 Å². The van der Waals surface area contributed by atoms with Crippen LogP contribution in [0.1, 0.15) is 20.8 Å². The van der Waals surface area contributed by atoms with Crippen molar-refractivity contribution < 1.29 is 124 Å². The summed E-state index contributed by atoms with van der Waals surface area (Å²) in [4.78, 5) is 24.4. The highest BCUT2D eigenvalue weighted by Gasteiger charge is 2.56. The van der Waals surface area contributed by atoms with E-state index in [0.29, 0.717) is 0 Å². The number of hydrogen-bond acceptors (Lipinski definition) is 25. The molecule has 2 amide bonds. The first-order chi connectivity index (χ1) is 29.3. The summed E-state index contributed by atoms with van der Waals surface area (Å²) in [5.74, 6) is -1.29. The number of rotatable bonds is 15. The molecule has 27 nitrogen and oxygen atoms in total. The van der Waals surface area contributed by atoms with Gasteiger partial charge >= 0.3 is 0 Å². The van der Waals surface area contributed by atoms with Crippen molar-refractivity contribution >= 4 is 11.8 Å². The number of carbonyl (C=O) groups is 2. The number of ether oxygens (including phenoxy) is 9. The molecule has 0 aliphatic carbocycles. The highest BCUT2D eigenvalue weighted by atomic mass is 16.8. The van der Waals surface area contributed by atoms with Crippen LogP contribution in [-0.2, 0) is 52.2 Å².